The van der Waals surface area contributed by atoms with E-state index in [2.05, 4.69) is 9.80 Å². The summed E-state index contributed by atoms with van der Waals surface area (Å²) in [5.41, 5.74) is 12.8. The van der Waals surface area contributed by atoms with Crippen LogP contribution < -0.4 is 16.4 Å². The molecular weight excluding hydrogens is 244 g/mol. The molecule has 1 fully saturated rings. The maximum absolute atomic E-state index is 11.3. The Balaban J connectivity index is 2.07. The van der Waals surface area contributed by atoms with E-state index in [0.29, 0.717) is 17.8 Å². The second-order valence-electron chi connectivity index (χ2n) is 4.69. The summed E-state index contributed by atoms with van der Waals surface area (Å²) in [4.78, 5) is 15.7. The van der Waals surface area contributed by atoms with Gasteiger partial charge < -0.3 is 21.5 Å². The summed E-state index contributed by atoms with van der Waals surface area (Å²) in [6.07, 6.45) is 0. The van der Waals surface area contributed by atoms with Crippen LogP contribution in [0.5, 0.6) is 0 Å². The first-order chi connectivity index (χ1) is 9.11. The molecule has 5 N–H and O–H groups in total. The fourth-order valence-corrected chi connectivity index (χ4v) is 2.33. The molecule has 0 aliphatic carbocycles. The van der Waals surface area contributed by atoms with Crippen LogP contribution in [0.25, 0.3) is 0 Å². The SMILES string of the molecule is NC(=O)c1cc(N2CCN(CCO)CC2)ccc1N. The minimum atomic E-state index is -0.502. The highest BCUT2D eigenvalue weighted by Gasteiger charge is 2.18. The van der Waals surface area contributed by atoms with E-state index in [1.807, 2.05) is 6.07 Å². The van der Waals surface area contributed by atoms with Gasteiger partial charge in [0.25, 0.3) is 5.91 Å². The number of aliphatic hydroxyl groups excluding tert-OH is 1. The van der Waals surface area contributed by atoms with Crippen molar-refractivity contribution in [2.75, 3.05) is 50.0 Å². The lowest BCUT2D eigenvalue weighted by atomic mass is 10.1. The van der Waals surface area contributed by atoms with Gasteiger partial charge >= 0.3 is 0 Å². The first-order valence-corrected chi connectivity index (χ1v) is 6.39. The van der Waals surface area contributed by atoms with Crippen molar-refractivity contribution < 1.29 is 9.90 Å². The number of hydrogen-bond acceptors (Lipinski definition) is 5. The molecule has 1 amide bonds. The number of piperazine rings is 1. The summed E-state index contributed by atoms with van der Waals surface area (Å²) in [6, 6.07) is 5.37. The lowest BCUT2D eigenvalue weighted by Crippen LogP contribution is -2.47. The fourth-order valence-electron chi connectivity index (χ4n) is 2.33. The normalized spacial score (nSPS) is 16.6. The van der Waals surface area contributed by atoms with Gasteiger partial charge in [-0.25, -0.2) is 0 Å². The molecule has 1 heterocycles. The summed E-state index contributed by atoms with van der Waals surface area (Å²) in [5.74, 6) is -0.502. The molecule has 2 rings (SSSR count). The van der Waals surface area contributed by atoms with Crippen LogP contribution in [0, 0.1) is 0 Å². The summed E-state index contributed by atoms with van der Waals surface area (Å²) in [7, 11) is 0. The molecule has 104 valence electrons. The van der Waals surface area contributed by atoms with Gasteiger partial charge in [-0.2, -0.15) is 0 Å². The molecule has 0 saturated carbocycles. The number of anilines is 2. The van der Waals surface area contributed by atoms with E-state index >= 15 is 0 Å². The Bertz CT molecular complexity index is 456. The smallest absolute Gasteiger partial charge is 0.250 e. The van der Waals surface area contributed by atoms with Crippen molar-refractivity contribution in [2.24, 2.45) is 5.73 Å². The Labute approximate surface area is 112 Å². The van der Waals surface area contributed by atoms with Gasteiger partial charge in [0, 0.05) is 44.1 Å². The Hall–Kier alpha value is -1.79. The molecule has 1 aliphatic heterocycles. The zero-order chi connectivity index (χ0) is 13.8. The molecule has 0 unspecified atom stereocenters. The molecule has 1 saturated heterocycles. The topological polar surface area (TPSA) is 95.8 Å². The second kappa shape index (κ2) is 5.90. The number of amides is 1. The third kappa shape index (κ3) is 3.15. The van der Waals surface area contributed by atoms with Crippen molar-refractivity contribution in [3.05, 3.63) is 23.8 Å². The largest absolute Gasteiger partial charge is 0.398 e. The fraction of sp³-hybridized carbons (Fsp3) is 0.462. The number of hydrogen-bond donors (Lipinski definition) is 3. The molecule has 0 bridgehead atoms. The first kappa shape index (κ1) is 13.6. The van der Waals surface area contributed by atoms with Crippen molar-refractivity contribution in [1.29, 1.82) is 0 Å². The molecule has 0 spiro atoms. The third-order valence-electron chi connectivity index (χ3n) is 3.46. The molecule has 0 atom stereocenters. The molecule has 1 aliphatic rings. The third-order valence-corrected chi connectivity index (χ3v) is 3.46. The Morgan fingerprint density at radius 2 is 1.95 bits per heavy atom. The monoisotopic (exact) mass is 264 g/mol. The van der Waals surface area contributed by atoms with Gasteiger partial charge in [0.15, 0.2) is 0 Å². The zero-order valence-electron chi connectivity index (χ0n) is 10.9. The van der Waals surface area contributed by atoms with E-state index in [9.17, 15) is 4.79 Å². The predicted molar refractivity (Wildman–Crippen MR) is 75.1 cm³/mol. The summed E-state index contributed by atoms with van der Waals surface area (Å²) >= 11 is 0. The number of carbonyl (C=O) groups is 1. The molecule has 6 heteroatoms. The van der Waals surface area contributed by atoms with E-state index < -0.39 is 5.91 Å². The maximum Gasteiger partial charge on any atom is 0.250 e. The van der Waals surface area contributed by atoms with Crippen LogP contribution in [-0.2, 0) is 0 Å². The number of rotatable bonds is 4. The van der Waals surface area contributed by atoms with E-state index in [-0.39, 0.29) is 6.61 Å². The number of nitrogens with zero attached hydrogens (tertiary/aromatic N) is 2. The van der Waals surface area contributed by atoms with Gasteiger partial charge in [0.05, 0.1) is 12.2 Å². The molecule has 0 aromatic heterocycles. The number of benzene rings is 1. The van der Waals surface area contributed by atoms with Crippen LogP contribution in [-0.4, -0.2) is 55.2 Å². The second-order valence-corrected chi connectivity index (χ2v) is 4.69. The number of aliphatic hydroxyl groups is 1. The molecule has 0 radical (unpaired) electrons. The van der Waals surface area contributed by atoms with Gasteiger partial charge in [0.1, 0.15) is 0 Å². The summed E-state index contributed by atoms with van der Waals surface area (Å²) in [6.45, 7) is 4.42. The standard InChI is InChI=1S/C13H20N4O2/c14-12-2-1-10(9-11(12)13(15)19)17-5-3-16(4-6-17)7-8-18/h1-2,9,18H,3-8,14H2,(H2,15,19). The lowest BCUT2D eigenvalue weighted by Gasteiger charge is -2.36. The highest BCUT2D eigenvalue weighted by molar-refractivity contribution is 5.99. The Kier molecular flexibility index (Phi) is 4.24. The average Bonchev–Trinajstić information content (AvgIpc) is 2.40. The first-order valence-electron chi connectivity index (χ1n) is 6.39. The lowest BCUT2D eigenvalue weighted by molar-refractivity contribution is 0.100. The number of primary amides is 1. The molecule has 19 heavy (non-hydrogen) atoms. The molecule has 6 nitrogen and oxygen atoms in total. The maximum atomic E-state index is 11.3. The van der Waals surface area contributed by atoms with Gasteiger partial charge in [-0.1, -0.05) is 0 Å². The average molecular weight is 264 g/mol. The van der Waals surface area contributed by atoms with E-state index in [0.717, 1.165) is 31.9 Å². The number of nitrogen functional groups attached to an aromatic ring is 1. The van der Waals surface area contributed by atoms with Crippen molar-refractivity contribution in [2.45, 2.75) is 0 Å². The zero-order valence-corrected chi connectivity index (χ0v) is 10.9. The highest BCUT2D eigenvalue weighted by Crippen LogP contribution is 2.22. The number of nitrogens with two attached hydrogens (primary N) is 2. The summed E-state index contributed by atoms with van der Waals surface area (Å²) < 4.78 is 0. The van der Waals surface area contributed by atoms with Gasteiger partial charge in [-0.05, 0) is 18.2 Å². The van der Waals surface area contributed by atoms with Gasteiger partial charge in [-0.3, -0.25) is 9.69 Å². The number of carbonyl (C=O) groups excluding carboxylic acids is 1. The van der Waals surface area contributed by atoms with Crippen LogP contribution in [0.15, 0.2) is 18.2 Å². The van der Waals surface area contributed by atoms with Gasteiger partial charge in [0.2, 0.25) is 0 Å². The number of β-amino-alcohol motifs (C(OH)–C–C–N with tert-alkyl or cyclic N) is 1. The Morgan fingerprint density at radius 3 is 2.53 bits per heavy atom. The quantitative estimate of drug-likeness (QED) is 0.636. The highest BCUT2D eigenvalue weighted by atomic mass is 16.3. The van der Waals surface area contributed by atoms with Crippen molar-refractivity contribution in [3.63, 3.8) is 0 Å². The summed E-state index contributed by atoms with van der Waals surface area (Å²) in [5, 5.41) is 8.91. The van der Waals surface area contributed by atoms with Crippen LogP contribution in [0.4, 0.5) is 11.4 Å². The van der Waals surface area contributed by atoms with E-state index in [1.165, 1.54) is 0 Å². The van der Waals surface area contributed by atoms with Crippen molar-refractivity contribution >= 4 is 17.3 Å². The van der Waals surface area contributed by atoms with E-state index in [1.54, 1.807) is 12.1 Å². The van der Waals surface area contributed by atoms with Crippen LogP contribution in [0.3, 0.4) is 0 Å². The minimum absolute atomic E-state index is 0.188. The molecule has 1 aromatic carbocycles. The van der Waals surface area contributed by atoms with Crippen molar-refractivity contribution in [1.82, 2.24) is 4.90 Å². The molecular formula is C13H20N4O2. The predicted octanol–water partition coefficient (Wildman–Crippen LogP) is -0.518. The van der Waals surface area contributed by atoms with Crippen LogP contribution >= 0.6 is 0 Å². The van der Waals surface area contributed by atoms with Crippen LogP contribution in [0.2, 0.25) is 0 Å². The Morgan fingerprint density at radius 1 is 1.26 bits per heavy atom. The van der Waals surface area contributed by atoms with Crippen LogP contribution in [0.1, 0.15) is 10.4 Å². The molecule has 1 aromatic rings. The minimum Gasteiger partial charge on any atom is -0.398 e. The van der Waals surface area contributed by atoms with Crippen molar-refractivity contribution in [3.8, 4) is 0 Å². The van der Waals surface area contributed by atoms with E-state index in [4.69, 9.17) is 16.6 Å². The van der Waals surface area contributed by atoms with Gasteiger partial charge in [-0.15, -0.1) is 0 Å².